The Bertz CT molecular complexity index is 1910. The number of fused-ring (bicyclic) bond motifs is 3. The largest absolute Gasteiger partial charge is 0.449 e. The molecule has 5 nitrogen and oxygen atoms in total. The quantitative estimate of drug-likeness (QED) is 0.117. The number of hydrogen-bond donors (Lipinski definition) is 1. The van der Waals surface area contributed by atoms with Crippen molar-refractivity contribution in [2.75, 3.05) is 13.2 Å². The van der Waals surface area contributed by atoms with Gasteiger partial charge in [0.1, 0.15) is 6.61 Å². The Hall–Kier alpha value is -4.87. The van der Waals surface area contributed by atoms with E-state index in [4.69, 9.17) is 21.1 Å². The molecule has 1 N–H and O–H groups in total. The summed E-state index contributed by atoms with van der Waals surface area (Å²) in [7, 11) is 0. The van der Waals surface area contributed by atoms with Gasteiger partial charge in [-0.25, -0.2) is 4.79 Å². The molecule has 0 saturated heterocycles. The van der Waals surface area contributed by atoms with Crippen LogP contribution in [0.25, 0.3) is 11.1 Å². The third-order valence-electron chi connectivity index (χ3n) is 10.5. The molecule has 260 valence electrons. The van der Waals surface area contributed by atoms with Gasteiger partial charge in [0.15, 0.2) is 5.60 Å². The van der Waals surface area contributed by atoms with Crippen molar-refractivity contribution in [1.82, 2.24) is 5.32 Å². The number of ether oxygens (including phenoxy) is 2. The molecule has 51 heavy (non-hydrogen) atoms. The smallest absolute Gasteiger partial charge is 0.407 e. The van der Waals surface area contributed by atoms with Crippen LogP contribution in [0.4, 0.5) is 4.79 Å². The number of halogens is 1. The van der Waals surface area contributed by atoms with Crippen LogP contribution >= 0.6 is 11.6 Å². The summed E-state index contributed by atoms with van der Waals surface area (Å²) in [5, 5.41) is 3.26. The van der Waals surface area contributed by atoms with Crippen LogP contribution < -0.4 is 5.32 Å². The molecule has 1 atom stereocenters. The number of amides is 1. The maximum absolute atomic E-state index is 13.8. The molecular formula is C45H44ClNO4. The number of alkyl carbamates (subject to hydrolysis) is 1. The maximum Gasteiger partial charge on any atom is 0.407 e. The topological polar surface area (TPSA) is 64.6 Å². The van der Waals surface area contributed by atoms with Gasteiger partial charge in [-0.05, 0) is 52.6 Å². The number of carbonyl (C=O) groups is 2. The summed E-state index contributed by atoms with van der Waals surface area (Å²) in [5.74, 6) is 0.00723. The predicted octanol–water partition coefficient (Wildman–Crippen LogP) is 10.9. The zero-order chi connectivity index (χ0) is 35.0. The van der Waals surface area contributed by atoms with Crippen molar-refractivity contribution in [2.45, 2.75) is 68.8 Å². The lowest BCUT2D eigenvalue weighted by molar-refractivity contribution is -0.153. The number of esters is 1. The SMILES string of the molecule is O=C(CCNC(=O)OCC1c2ccccc2-c2ccccc21)OC(c1ccccc1)(c1ccc(C2CCCCCCC2)cc1)c1ccccc1Cl. The van der Waals surface area contributed by atoms with E-state index in [0.29, 0.717) is 16.5 Å². The standard InChI is InChI=1S/C45H44ClNO4/c46-42-24-14-13-23-41(42)45(34-17-7-4-8-18-34,35-27-25-33(26-28-35)32-15-5-2-1-3-6-16-32)51-43(48)29-30-47-44(49)50-31-40-38-21-11-9-19-36(38)37-20-10-12-22-39(37)40/h4,7-14,17-28,32,40H,1-3,5-6,15-16,29-31H2,(H,47,49). The lowest BCUT2D eigenvalue weighted by Crippen LogP contribution is -2.37. The average Bonchev–Trinajstić information content (AvgIpc) is 3.47. The Balaban J connectivity index is 1.08. The second-order valence-electron chi connectivity index (χ2n) is 13.7. The number of nitrogens with one attached hydrogen (secondary N) is 1. The van der Waals surface area contributed by atoms with Gasteiger partial charge in [-0.15, -0.1) is 0 Å². The van der Waals surface area contributed by atoms with Crippen LogP contribution in [0.1, 0.15) is 96.6 Å². The van der Waals surface area contributed by atoms with Crippen LogP contribution in [0.3, 0.4) is 0 Å². The zero-order valence-electron chi connectivity index (χ0n) is 28.9. The van der Waals surface area contributed by atoms with Crippen LogP contribution in [-0.4, -0.2) is 25.2 Å². The van der Waals surface area contributed by atoms with E-state index in [2.05, 4.69) is 53.8 Å². The first-order valence-electron chi connectivity index (χ1n) is 18.3. The molecule has 0 spiro atoms. The lowest BCUT2D eigenvalue weighted by atomic mass is 9.78. The normalized spacial score (nSPS) is 15.8. The van der Waals surface area contributed by atoms with Crippen LogP contribution in [0, 0.1) is 0 Å². The fraction of sp³-hybridized carbons (Fsp3) is 0.289. The van der Waals surface area contributed by atoms with Crippen molar-refractivity contribution in [1.29, 1.82) is 0 Å². The molecule has 0 aromatic heterocycles. The zero-order valence-corrected chi connectivity index (χ0v) is 29.6. The Labute approximate surface area is 306 Å². The van der Waals surface area contributed by atoms with Gasteiger partial charge >= 0.3 is 12.1 Å². The molecule has 1 fully saturated rings. The highest BCUT2D eigenvalue weighted by Crippen LogP contribution is 2.46. The first-order chi connectivity index (χ1) is 25.0. The third-order valence-corrected chi connectivity index (χ3v) is 10.9. The molecule has 7 rings (SSSR count). The highest BCUT2D eigenvalue weighted by atomic mass is 35.5. The Morgan fingerprint density at radius 2 is 1.24 bits per heavy atom. The minimum Gasteiger partial charge on any atom is -0.449 e. The van der Waals surface area contributed by atoms with Gasteiger partial charge in [-0.3, -0.25) is 4.79 Å². The monoisotopic (exact) mass is 697 g/mol. The lowest BCUT2D eigenvalue weighted by Gasteiger charge is -2.36. The molecule has 0 radical (unpaired) electrons. The summed E-state index contributed by atoms with van der Waals surface area (Å²) >= 11 is 6.91. The van der Waals surface area contributed by atoms with Gasteiger partial charge in [0, 0.05) is 34.2 Å². The first-order valence-corrected chi connectivity index (χ1v) is 18.6. The van der Waals surface area contributed by atoms with Gasteiger partial charge in [0.2, 0.25) is 0 Å². The van der Waals surface area contributed by atoms with Crippen LogP contribution in [0.15, 0.2) is 127 Å². The van der Waals surface area contributed by atoms with Gasteiger partial charge in [-0.2, -0.15) is 0 Å². The maximum atomic E-state index is 13.8. The first kappa shape index (κ1) is 34.6. The van der Waals surface area contributed by atoms with Crippen molar-refractivity contribution in [2.24, 2.45) is 0 Å². The number of benzene rings is 5. The molecule has 1 unspecified atom stereocenters. The van der Waals surface area contributed by atoms with Crippen molar-refractivity contribution in [3.05, 3.63) is 166 Å². The molecule has 2 aliphatic carbocycles. The minimum atomic E-state index is -1.31. The molecule has 0 aliphatic heterocycles. The number of carbonyl (C=O) groups excluding carboxylic acids is 2. The van der Waals surface area contributed by atoms with Crippen molar-refractivity contribution in [3.63, 3.8) is 0 Å². The van der Waals surface area contributed by atoms with Crippen LogP contribution in [0.5, 0.6) is 0 Å². The summed E-state index contributed by atoms with van der Waals surface area (Å²) in [6.45, 7) is 0.258. The fourth-order valence-electron chi connectivity index (χ4n) is 7.99. The Morgan fingerprint density at radius 3 is 1.90 bits per heavy atom. The molecule has 5 aromatic carbocycles. The van der Waals surface area contributed by atoms with E-state index in [0.717, 1.165) is 22.3 Å². The Morgan fingerprint density at radius 1 is 0.667 bits per heavy atom. The highest BCUT2D eigenvalue weighted by Gasteiger charge is 2.42. The average molecular weight is 698 g/mol. The fourth-order valence-corrected chi connectivity index (χ4v) is 8.26. The second-order valence-corrected chi connectivity index (χ2v) is 14.1. The van der Waals surface area contributed by atoms with Gasteiger partial charge in [0.25, 0.3) is 0 Å². The Kier molecular flexibility index (Phi) is 10.8. The van der Waals surface area contributed by atoms with E-state index >= 15 is 0 Å². The van der Waals surface area contributed by atoms with Crippen molar-refractivity contribution < 1.29 is 19.1 Å². The molecule has 5 aromatic rings. The summed E-state index contributed by atoms with van der Waals surface area (Å²) in [5.41, 5.74) is 6.91. The minimum absolute atomic E-state index is 0.0475. The predicted molar refractivity (Wildman–Crippen MR) is 203 cm³/mol. The van der Waals surface area contributed by atoms with Gasteiger partial charge < -0.3 is 14.8 Å². The third kappa shape index (κ3) is 7.45. The van der Waals surface area contributed by atoms with Crippen LogP contribution in [-0.2, 0) is 19.9 Å². The molecule has 6 heteroatoms. The van der Waals surface area contributed by atoms with E-state index in [-0.39, 0.29) is 25.5 Å². The van der Waals surface area contributed by atoms with E-state index < -0.39 is 17.7 Å². The number of hydrogen-bond acceptors (Lipinski definition) is 4. The highest BCUT2D eigenvalue weighted by molar-refractivity contribution is 6.31. The van der Waals surface area contributed by atoms with E-state index in [1.54, 1.807) is 0 Å². The van der Waals surface area contributed by atoms with E-state index in [1.807, 2.05) is 78.9 Å². The van der Waals surface area contributed by atoms with Gasteiger partial charge in [0.05, 0.1) is 6.42 Å². The van der Waals surface area contributed by atoms with Crippen molar-refractivity contribution >= 4 is 23.7 Å². The number of rotatable bonds is 10. The van der Waals surface area contributed by atoms with E-state index in [1.165, 1.54) is 61.6 Å². The van der Waals surface area contributed by atoms with Crippen molar-refractivity contribution in [3.8, 4) is 11.1 Å². The van der Waals surface area contributed by atoms with E-state index in [9.17, 15) is 9.59 Å². The summed E-state index contributed by atoms with van der Waals surface area (Å²) < 4.78 is 12.3. The van der Waals surface area contributed by atoms with Gasteiger partial charge in [-0.1, -0.05) is 165 Å². The summed E-state index contributed by atoms with van der Waals surface area (Å²) in [4.78, 5) is 26.7. The molecule has 1 amide bonds. The summed E-state index contributed by atoms with van der Waals surface area (Å²) in [6.07, 6.45) is 8.19. The summed E-state index contributed by atoms with van der Waals surface area (Å²) in [6, 6.07) is 42.3. The molecule has 1 saturated carbocycles. The van der Waals surface area contributed by atoms with Crippen LogP contribution in [0.2, 0.25) is 5.02 Å². The second kappa shape index (κ2) is 16.0. The molecule has 0 heterocycles. The molecular weight excluding hydrogens is 654 g/mol. The molecule has 2 aliphatic rings. The molecule has 0 bridgehead atoms.